The summed E-state index contributed by atoms with van der Waals surface area (Å²) in [7, 11) is 2.16. The Hall–Kier alpha value is -3.39. The summed E-state index contributed by atoms with van der Waals surface area (Å²) in [5.41, 5.74) is 4.62. The van der Waals surface area contributed by atoms with Crippen molar-refractivity contribution in [1.82, 2.24) is 25.2 Å². The van der Waals surface area contributed by atoms with Gasteiger partial charge in [0.15, 0.2) is 5.69 Å². The van der Waals surface area contributed by atoms with Gasteiger partial charge in [0, 0.05) is 43.9 Å². The fourth-order valence-electron chi connectivity index (χ4n) is 4.56. The third kappa shape index (κ3) is 4.57. The average Bonchev–Trinajstić information content (AvgIpc) is 3.20. The number of likely N-dealkylation sites (N-methyl/N-ethyl adjacent to an activating group) is 1. The van der Waals surface area contributed by atoms with E-state index in [0.29, 0.717) is 18.8 Å². The molecule has 0 spiro atoms. The molecule has 1 atom stereocenters. The quantitative estimate of drug-likeness (QED) is 0.647. The summed E-state index contributed by atoms with van der Waals surface area (Å²) in [6.07, 6.45) is 0.737. The number of nitrogens with zero attached hydrogens (tertiary/aromatic N) is 5. The Morgan fingerprint density at radius 2 is 1.88 bits per heavy atom. The molecule has 0 radical (unpaired) electrons. The molecule has 8 heteroatoms. The van der Waals surface area contributed by atoms with Gasteiger partial charge in [0.1, 0.15) is 12.4 Å². The molecule has 2 aliphatic heterocycles. The van der Waals surface area contributed by atoms with Crippen molar-refractivity contribution in [3.8, 4) is 5.75 Å². The van der Waals surface area contributed by atoms with Gasteiger partial charge in [-0.05, 0) is 31.7 Å². The molecular formula is C25H30N6O2. The maximum absolute atomic E-state index is 13.0. The van der Waals surface area contributed by atoms with Gasteiger partial charge in [0.05, 0.1) is 18.3 Å². The Morgan fingerprint density at radius 3 is 2.67 bits per heavy atom. The molecule has 1 aromatic heterocycles. The molecule has 1 N–H and O–H groups in total. The van der Waals surface area contributed by atoms with E-state index in [0.717, 1.165) is 49.6 Å². The Morgan fingerprint density at radius 1 is 1.09 bits per heavy atom. The number of nitrogens with one attached hydrogen (secondary N) is 1. The maximum Gasteiger partial charge on any atom is 0.274 e. The number of amides is 1. The molecule has 2 aromatic carbocycles. The van der Waals surface area contributed by atoms with Crippen molar-refractivity contribution < 1.29 is 9.53 Å². The minimum atomic E-state index is -0.207. The highest BCUT2D eigenvalue weighted by molar-refractivity contribution is 5.93. The van der Waals surface area contributed by atoms with Crippen LogP contribution in [0.5, 0.6) is 5.75 Å². The van der Waals surface area contributed by atoms with Gasteiger partial charge >= 0.3 is 0 Å². The van der Waals surface area contributed by atoms with Crippen molar-refractivity contribution in [3.05, 3.63) is 71.0 Å². The van der Waals surface area contributed by atoms with Crippen molar-refractivity contribution in [2.75, 3.05) is 44.7 Å². The number of piperazine rings is 1. The van der Waals surface area contributed by atoms with Gasteiger partial charge in [-0.2, -0.15) is 0 Å². The molecule has 0 bridgehead atoms. The largest absolute Gasteiger partial charge is 0.491 e. The standard InChI is InChI=1S/C25H30N6O2/c1-18-24(27-28-31(18)16-19-7-4-3-5-8-19)25(32)26-20-15-21-22(9-6-10-23(21)33-17-20)30-13-11-29(2)12-14-30/h3-10,20H,11-17H2,1-2H3,(H,26,32)/t20-/m0/s1. The van der Waals surface area contributed by atoms with Crippen LogP contribution in [0.4, 0.5) is 5.69 Å². The maximum atomic E-state index is 13.0. The molecule has 5 rings (SSSR count). The average molecular weight is 447 g/mol. The van der Waals surface area contributed by atoms with Crippen LogP contribution in [0.1, 0.15) is 27.3 Å². The Balaban J connectivity index is 1.28. The van der Waals surface area contributed by atoms with Crippen molar-refractivity contribution in [2.45, 2.75) is 25.9 Å². The van der Waals surface area contributed by atoms with Crippen LogP contribution in [0.2, 0.25) is 0 Å². The zero-order chi connectivity index (χ0) is 22.8. The van der Waals surface area contributed by atoms with Crippen molar-refractivity contribution in [1.29, 1.82) is 0 Å². The van der Waals surface area contributed by atoms with Gasteiger partial charge in [-0.25, -0.2) is 4.68 Å². The fraction of sp³-hybridized carbons (Fsp3) is 0.400. The number of benzene rings is 2. The summed E-state index contributed by atoms with van der Waals surface area (Å²) >= 11 is 0. The zero-order valence-corrected chi connectivity index (χ0v) is 19.2. The van der Waals surface area contributed by atoms with E-state index in [1.54, 1.807) is 4.68 Å². The van der Waals surface area contributed by atoms with E-state index in [4.69, 9.17) is 4.74 Å². The molecule has 0 saturated carbocycles. The van der Waals surface area contributed by atoms with Crippen LogP contribution in [0, 0.1) is 6.92 Å². The third-order valence-electron chi connectivity index (χ3n) is 6.55. The molecule has 1 amide bonds. The highest BCUT2D eigenvalue weighted by Crippen LogP contribution is 2.34. The van der Waals surface area contributed by atoms with Crippen LogP contribution < -0.4 is 15.0 Å². The molecule has 8 nitrogen and oxygen atoms in total. The van der Waals surface area contributed by atoms with Crippen LogP contribution in [-0.2, 0) is 13.0 Å². The van der Waals surface area contributed by atoms with E-state index >= 15 is 0 Å². The minimum Gasteiger partial charge on any atom is -0.491 e. The minimum absolute atomic E-state index is 0.114. The SMILES string of the molecule is Cc1c(C(=O)N[C@@H]2COc3cccc(N4CCN(C)CC4)c3C2)nnn1Cc1ccccc1. The lowest BCUT2D eigenvalue weighted by Crippen LogP contribution is -2.46. The molecule has 3 heterocycles. The molecule has 2 aliphatic rings. The van der Waals surface area contributed by atoms with Gasteiger partial charge in [-0.15, -0.1) is 5.10 Å². The van der Waals surface area contributed by atoms with Crippen molar-refractivity contribution >= 4 is 11.6 Å². The first-order valence-electron chi connectivity index (χ1n) is 11.5. The van der Waals surface area contributed by atoms with Gasteiger partial charge < -0.3 is 19.9 Å². The second-order valence-electron chi connectivity index (χ2n) is 8.90. The monoisotopic (exact) mass is 446 g/mol. The number of hydrogen-bond donors (Lipinski definition) is 1. The van der Waals surface area contributed by atoms with Crippen LogP contribution in [-0.4, -0.2) is 71.7 Å². The number of fused-ring (bicyclic) bond motifs is 1. The molecule has 172 valence electrons. The molecule has 1 saturated heterocycles. The summed E-state index contributed by atoms with van der Waals surface area (Å²) in [6.45, 7) is 6.99. The normalized spacial score (nSPS) is 18.5. The lowest BCUT2D eigenvalue weighted by molar-refractivity contribution is 0.0909. The van der Waals surface area contributed by atoms with Crippen LogP contribution in [0.15, 0.2) is 48.5 Å². The third-order valence-corrected chi connectivity index (χ3v) is 6.55. The first-order chi connectivity index (χ1) is 16.1. The molecule has 0 unspecified atom stereocenters. The zero-order valence-electron chi connectivity index (χ0n) is 19.2. The smallest absolute Gasteiger partial charge is 0.274 e. The Bertz CT molecular complexity index is 1120. The van der Waals surface area contributed by atoms with Gasteiger partial charge in [-0.3, -0.25) is 4.79 Å². The summed E-state index contributed by atoms with van der Waals surface area (Å²) in [6, 6.07) is 16.2. The molecule has 3 aromatic rings. The fourth-order valence-corrected chi connectivity index (χ4v) is 4.56. The molecule has 1 fully saturated rings. The second kappa shape index (κ2) is 9.23. The van der Waals surface area contributed by atoms with E-state index in [1.807, 2.05) is 43.3 Å². The highest BCUT2D eigenvalue weighted by Gasteiger charge is 2.28. The number of carbonyl (C=O) groups excluding carboxylic acids is 1. The number of carbonyl (C=O) groups is 1. The van der Waals surface area contributed by atoms with Crippen LogP contribution in [0.25, 0.3) is 0 Å². The van der Waals surface area contributed by atoms with E-state index in [9.17, 15) is 4.79 Å². The van der Waals surface area contributed by atoms with Crippen molar-refractivity contribution in [3.63, 3.8) is 0 Å². The number of anilines is 1. The van der Waals surface area contributed by atoms with E-state index in [2.05, 4.69) is 44.6 Å². The van der Waals surface area contributed by atoms with E-state index in [-0.39, 0.29) is 11.9 Å². The number of rotatable bonds is 5. The topological polar surface area (TPSA) is 75.5 Å². The second-order valence-corrected chi connectivity index (χ2v) is 8.90. The Labute approximate surface area is 194 Å². The summed E-state index contributed by atoms with van der Waals surface area (Å²) in [5, 5.41) is 11.5. The first-order valence-corrected chi connectivity index (χ1v) is 11.5. The number of hydrogen-bond acceptors (Lipinski definition) is 6. The Kier molecular flexibility index (Phi) is 6.00. The summed E-state index contributed by atoms with van der Waals surface area (Å²) in [4.78, 5) is 17.8. The number of ether oxygens (including phenoxy) is 1. The van der Waals surface area contributed by atoms with Gasteiger partial charge in [0.2, 0.25) is 0 Å². The van der Waals surface area contributed by atoms with Crippen LogP contribution in [0.3, 0.4) is 0 Å². The lowest BCUT2D eigenvalue weighted by Gasteiger charge is -2.37. The van der Waals surface area contributed by atoms with E-state index < -0.39 is 0 Å². The predicted molar refractivity (Wildman–Crippen MR) is 127 cm³/mol. The van der Waals surface area contributed by atoms with Crippen LogP contribution >= 0.6 is 0 Å². The molecule has 33 heavy (non-hydrogen) atoms. The first kappa shape index (κ1) is 21.5. The summed E-state index contributed by atoms with van der Waals surface area (Å²) < 4.78 is 7.81. The van der Waals surface area contributed by atoms with Gasteiger partial charge in [0.25, 0.3) is 5.91 Å². The molecule has 0 aliphatic carbocycles. The van der Waals surface area contributed by atoms with Gasteiger partial charge in [-0.1, -0.05) is 41.6 Å². The molecular weight excluding hydrogens is 416 g/mol. The predicted octanol–water partition coefficient (Wildman–Crippen LogP) is 2.12. The lowest BCUT2D eigenvalue weighted by atomic mass is 9.99. The van der Waals surface area contributed by atoms with Crippen molar-refractivity contribution in [2.24, 2.45) is 0 Å². The number of aromatic nitrogens is 3. The van der Waals surface area contributed by atoms with E-state index in [1.165, 1.54) is 11.3 Å². The summed E-state index contributed by atoms with van der Waals surface area (Å²) in [5.74, 6) is 0.711. The highest BCUT2D eigenvalue weighted by atomic mass is 16.5.